The Balaban J connectivity index is 2.59. The monoisotopic (exact) mass is 192 g/mol. The maximum Gasteiger partial charge on any atom is 0.141 e. The van der Waals surface area contributed by atoms with Crippen LogP contribution in [0.1, 0.15) is 0 Å². The molecule has 2 nitrogen and oxygen atoms in total. The zero-order valence-electron chi connectivity index (χ0n) is 8.67. The van der Waals surface area contributed by atoms with Gasteiger partial charge in [-0.3, -0.25) is 0 Å². The van der Waals surface area contributed by atoms with E-state index in [0.717, 1.165) is 43.9 Å². The van der Waals surface area contributed by atoms with E-state index in [4.69, 9.17) is 4.74 Å². The average molecular weight is 192 g/mol. The summed E-state index contributed by atoms with van der Waals surface area (Å²) in [7, 11) is 0. The van der Waals surface area contributed by atoms with Crippen LogP contribution in [0.15, 0.2) is 25.3 Å². The van der Waals surface area contributed by atoms with Crippen LogP contribution in [0.3, 0.4) is 0 Å². The molecule has 0 bridgehead atoms. The van der Waals surface area contributed by atoms with Crippen molar-refractivity contribution in [3.8, 4) is 11.8 Å². The van der Waals surface area contributed by atoms with Gasteiger partial charge in [0.15, 0.2) is 0 Å². The molecule has 0 saturated carbocycles. The van der Waals surface area contributed by atoms with E-state index >= 15 is 0 Å². The Labute approximate surface area is 86.5 Å². The molecule has 14 heavy (non-hydrogen) atoms. The number of hydrogen-bond acceptors (Lipinski definition) is 1. The Morgan fingerprint density at radius 2 is 2.00 bits per heavy atom. The van der Waals surface area contributed by atoms with Crippen molar-refractivity contribution in [3.63, 3.8) is 0 Å². The molecule has 0 N–H and O–H groups in total. The number of nitrogens with zero attached hydrogens (tertiary/aromatic N) is 1. The highest BCUT2D eigenvalue weighted by Gasteiger charge is 2.27. The van der Waals surface area contributed by atoms with Crippen LogP contribution < -0.4 is 0 Å². The van der Waals surface area contributed by atoms with E-state index in [-0.39, 0.29) is 0 Å². The molecule has 2 heteroatoms. The number of ether oxygens (including phenoxy) is 1. The van der Waals surface area contributed by atoms with Gasteiger partial charge in [-0.1, -0.05) is 19.1 Å². The summed E-state index contributed by atoms with van der Waals surface area (Å²) in [6, 6.07) is 0. The Bertz CT molecular complexity index is 253. The Kier molecular flexibility index (Phi) is 4.45. The molecule has 76 valence electrons. The molecule has 0 radical (unpaired) electrons. The van der Waals surface area contributed by atoms with Crippen LogP contribution in [0.5, 0.6) is 0 Å². The minimum atomic E-state index is 0.837. The minimum Gasteiger partial charge on any atom is -0.370 e. The van der Waals surface area contributed by atoms with Gasteiger partial charge in [0.05, 0.1) is 19.8 Å². The van der Waals surface area contributed by atoms with Gasteiger partial charge in [0.2, 0.25) is 0 Å². The molecular weight excluding hydrogens is 174 g/mol. The van der Waals surface area contributed by atoms with Crippen molar-refractivity contribution in [1.82, 2.24) is 0 Å². The SMILES string of the molecule is C=CC#CC[N+]1(CC=C)CCOCC1. The lowest BCUT2D eigenvalue weighted by Crippen LogP contribution is -2.55. The topological polar surface area (TPSA) is 9.23 Å². The van der Waals surface area contributed by atoms with E-state index in [1.807, 2.05) is 6.08 Å². The summed E-state index contributed by atoms with van der Waals surface area (Å²) < 4.78 is 6.35. The largest absolute Gasteiger partial charge is 0.370 e. The smallest absolute Gasteiger partial charge is 0.141 e. The fraction of sp³-hybridized carbons (Fsp3) is 0.500. The molecule has 1 aliphatic rings. The maximum atomic E-state index is 5.36. The minimum absolute atomic E-state index is 0.837. The van der Waals surface area contributed by atoms with Crippen molar-refractivity contribution in [2.24, 2.45) is 0 Å². The molecule has 0 spiro atoms. The fourth-order valence-electron chi connectivity index (χ4n) is 1.69. The van der Waals surface area contributed by atoms with Crippen LogP contribution in [-0.4, -0.2) is 43.9 Å². The predicted octanol–water partition coefficient (Wildman–Crippen LogP) is 1.21. The second kappa shape index (κ2) is 5.64. The second-order valence-electron chi connectivity index (χ2n) is 3.56. The van der Waals surface area contributed by atoms with E-state index < -0.39 is 0 Å². The lowest BCUT2D eigenvalue weighted by Gasteiger charge is -2.38. The van der Waals surface area contributed by atoms with E-state index in [1.54, 1.807) is 6.08 Å². The third-order valence-electron chi connectivity index (χ3n) is 2.55. The predicted molar refractivity (Wildman–Crippen MR) is 58.7 cm³/mol. The van der Waals surface area contributed by atoms with Crippen LogP contribution in [0.2, 0.25) is 0 Å². The van der Waals surface area contributed by atoms with Gasteiger partial charge >= 0.3 is 0 Å². The molecule has 1 rings (SSSR count). The molecular formula is C12H18NO+. The van der Waals surface area contributed by atoms with Crippen molar-refractivity contribution in [2.45, 2.75) is 0 Å². The third-order valence-corrected chi connectivity index (χ3v) is 2.55. The van der Waals surface area contributed by atoms with Crippen molar-refractivity contribution in [2.75, 3.05) is 39.4 Å². The van der Waals surface area contributed by atoms with Gasteiger partial charge in [0.25, 0.3) is 0 Å². The van der Waals surface area contributed by atoms with Gasteiger partial charge in [-0.25, -0.2) is 0 Å². The first-order chi connectivity index (χ1) is 6.83. The van der Waals surface area contributed by atoms with Crippen LogP contribution in [-0.2, 0) is 4.74 Å². The number of quaternary nitrogens is 1. The highest BCUT2D eigenvalue weighted by Crippen LogP contribution is 2.10. The summed E-state index contributed by atoms with van der Waals surface area (Å²) in [5, 5.41) is 0. The Morgan fingerprint density at radius 3 is 2.57 bits per heavy atom. The van der Waals surface area contributed by atoms with Gasteiger partial charge in [-0.05, 0) is 18.1 Å². The van der Waals surface area contributed by atoms with Gasteiger partial charge < -0.3 is 9.22 Å². The summed E-state index contributed by atoms with van der Waals surface area (Å²) in [6.07, 6.45) is 3.62. The van der Waals surface area contributed by atoms with Crippen LogP contribution in [0.25, 0.3) is 0 Å². The first-order valence-electron chi connectivity index (χ1n) is 4.96. The number of morpholine rings is 1. The Morgan fingerprint density at radius 1 is 1.29 bits per heavy atom. The summed E-state index contributed by atoms with van der Waals surface area (Å²) in [4.78, 5) is 0. The normalized spacial score (nSPS) is 19.1. The quantitative estimate of drug-likeness (QED) is 0.371. The first kappa shape index (κ1) is 11.0. The maximum absolute atomic E-state index is 5.36. The summed E-state index contributed by atoms with van der Waals surface area (Å²) >= 11 is 0. The molecule has 1 heterocycles. The van der Waals surface area contributed by atoms with Crippen molar-refractivity contribution in [3.05, 3.63) is 25.3 Å². The highest BCUT2D eigenvalue weighted by atomic mass is 16.5. The van der Waals surface area contributed by atoms with Crippen LogP contribution >= 0.6 is 0 Å². The zero-order valence-corrected chi connectivity index (χ0v) is 8.67. The molecule has 1 aliphatic heterocycles. The van der Waals surface area contributed by atoms with Crippen molar-refractivity contribution in [1.29, 1.82) is 0 Å². The summed E-state index contributed by atoms with van der Waals surface area (Å²) in [5.74, 6) is 6.03. The fourth-order valence-corrected chi connectivity index (χ4v) is 1.69. The second-order valence-corrected chi connectivity index (χ2v) is 3.56. The van der Waals surface area contributed by atoms with Gasteiger partial charge in [-0.2, -0.15) is 0 Å². The van der Waals surface area contributed by atoms with Gasteiger partial charge in [0.1, 0.15) is 19.6 Å². The molecule has 0 aromatic heterocycles. The van der Waals surface area contributed by atoms with Crippen molar-refractivity contribution >= 4 is 0 Å². The molecule has 0 aliphatic carbocycles. The molecule has 0 amide bonds. The standard InChI is InChI=1S/C12H18NO/c1-3-5-6-8-13(7-4-2)9-11-14-12-10-13/h3-4H,1-2,7-12H2/q+1. The van der Waals surface area contributed by atoms with Gasteiger partial charge in [0, 0.05) is 0 Å². The number of allylic oxidation sites excluding steroid dienone is 1. The molecule has 1 fully saturated rings. The zero-order chi connectivity index (χ0) is 10.3. The molecule has 0 unspecified atom stereocenters. The van der Waals surface area contributed by atoms with E-state index in [2.05, 4.69) is 25.0 Å². The van der Waals surface area contributed by atoms with Gasteiger partial charge in [-0.15, -0.1) is 0 Å². The molecule has 0 atom stereocenters. The van der Waals surface area contributed by atoms with E-state index in [9.17, 15) is 0 Å². The lowest BCUT2D eigenvalue weighted by atomic mass is 10.3. The van der Waals surface area contributed by atoms with Crippen LogP contribution in [0, 0.1) is 11.8 Å². The highest BCUT2D eigenvalue weighted by molar-refractivity contribution is 5.12. The third kappa shape index (κ3) is 3.02. The van der Waals surface area contributed by atoms with E-state index in [1.165, 1.54) is 0 Å². The molecule has 1 saturated heterocycles. The Hall–Kier alpha value is -1.04. The first-order valence-corrected chi connectivity index (χ1v) is 4.96. The summed E-state index contributed by atoms with van der Waals surface area (Å²) in [5.41, 5.74) is 0. The lowest BCUT2D eigenvalue weighted by molar-refractivity contribution is -0.923. The number of hydrogen-bond donors (Lipinski definition) is 0. The number of rotatable bonds is 3. The molecule has 0 aromatic carbocycles. The van der Waals surface area contributed by atoms with Crippen molar-refractivity contribution < 1.29 is 9.22 Å². The van der Waals surface area contributed by atoms with Crippen LogP contribution in [0.4, 0.5) is 0 Å². The molecule has 0 aromatic rings. The van der Waals surface area contributed by atoms with E-state index in [0.29, 0.717) is 0 Å². The summed E-state index contributed by atoms with van der Waals surface area (Å²) in [6.45, 7) is 13.0. The average Bonchev–Trinajstić information content (AvgIpc) is 2.20.